The smallest absolute Gasteiger partial charge is 0.126 e. The van der Waals surface area contributed by atoms with Crippen LogP contribution in [0.1, 0.15) is 51.4 Å². The Morgan fingerprint density at radius 1 is 1.17 bits per heavy atom. The van der Waals surface area contributed by atoms with Gasteiger partial charge in [-0.1, -0.05) is 32.1 Å². The highest BCUT2D eigenvalue weighted by Crippen LogP contribution is 2.46. The van der Waals surface area contributed by atoms with Gasteiger partial charge < -0.3 is 4.79 Å². The maximum absolute atomic E-state index is 11.0. The van der Waals surface area contributed by atoms with Crippen molar-refractivity contribution >= 4 is 6.29 Å². The molecule has 68 valence electrons. The van der Waals surface area contributed by atoms with Crippen LogP contribution in [0.15, 0.2) is 0 Å². The molecular formula is C11H18O. The van der Waals surface area contributed by atoms with E-state index in [4.69, 9.17) is 0 Å². The van der Waals surface area contributed by atoms with Gasteiger partial charge in [0.15, 0.2) is 0 Å². The Hall–Kier alpha value is -0.330. The van der Waals surface area contributed by atoms with E-state index < -0.39 is 0 Å². The molecule has 0 atom stereocenters. The van der Waals surface area contributed by atoms with E-state index in [0.717, 1.165) is 5.92 Å². The van der Waals surface area contributed by atoms with Gasteiger partial charge in [-0.25, -0.2) is 0 Å². The molecule has 0 aromatic carbocycles. The summed E-state index contributed by atoms with van der Waals surface area (Å²) in [6.07, 6.45) is 11.5. The predicted molar refractivity (Wildman–Crippen MR) is 48.9 cm³/mol. The van der Waals surface area contributed by atoms with Crippen molar-refractivity contribution in [2.24, 2.45) is 11.3 Å². The first-order valence-electron chi connectivity index (χ1n) is 5.31. The minimum atomic E-state index is 0.124. The molecule has 0 aromatic heterocycles. The Morgan fingerprint density at radius 2 is 1.83 bits per heavy atom. The van der Waals surface area contributed by atoms with Crippen molar-refractivity contribution < 1.29 is 4.79 Å². The van der Waals surface area contributed by atoms with E-state index >= 15 is 0 Å². The molecule has 1 nitrogen and oxygen atoms in total. The molecule has 2 aliphatic rings. The molecule has 12 heavy (non-hydrogen) atoms. The number of rotatable bonds is 3. The third-order valence-corrected chi connectivity index (χ3v) is 3.49. The summed E-state index contributed by atoms with van der Waals surface area (Å²) in [6.45, 7) is 0. The van der Waals surface area contributed by atoms with Crippen molar-refractivity contribution in [2.75, 3.05) is 0 Å². The van der Waals surface area contributed by atoms with Crippen LogP contribution >= 0.6 is 0 Å². The van der Waals surface area contributed by atoms with E-state index in [1.54, 1.807) is 0 Å². The van der Waals surface area contributed by atoms with E-state index in [9.17, 15) is 4.79 Å². The summed E-state index contributed by atoms with van der Waals surface area (Å²) in [5.41, 5.74) is 0.124. The lowest BCUT2D eigenvalue weighted by Gasteiger charge is -2.31. The minimum absolute atomic E-state index is 0.124. The number of hydrogen-bond acceptors (Lipinski definition) is 1. The van der Waals surface area contributed by atoms with E-state index in [0.29, 0.717) is 0 Å². The summed E-state index contributed by atoms with van der Waals surface area (Å²) in [6, 6.07) is 0. The van der Waals surface area contributed by atoms with Gasteiger partial charge in [0.05, 0.1) is 0 Å². The first-order valence-corrected chi connectivity index (χ1v) is 5.31. The molecule has 0 radical (unpaired) electrons. The van der Waals surface area contributed by atoms with Gasteiger partial charge in [-0.05, 0) is 25.2 Å². The lowest BCUT2D eigenvalue weighted by molar-refractivity contribution is -0.118. The number of aldehydes is 1. The van der Waals surface area contributed by atoms with Gasteiger partial charge in [-0.15, -0.1) is 0 Å². The molecule has 0 heterocycles. The summed E-state index contributed by atoms with van der Waals surface area (Å²) in [5.74, 6) is 0.910. The number of carbonyl (C=O) groups excluding carboxylic acids is 1. The predicted octanol–water partition coefficient (Wildman–Crippen LogP) is 2.94. The molecule has 1 heteroatoms. The quantitative estimate of drug-likeness (QED) is 0.589. The third-order valence-electron chi connectivity index (χ3n) is 3.49. The van der Waals surface area contributed by atoms with Crippen molar-refractivity contribution in [3.63, 3.8) is 0 Å². The summed E-state index contributed by atoms with van der Waals surface area (Å²) >= 11 is 0. The summed E-state index contributed by atoms with van der Waals surface area (Å²) in [7, 11) is 0. The molecule has 2 rings (SSSR count). The fraction of sp³-hybridized carbons (Fsp3) is 0.909. The van der Waals surface area contributed by atoms with Crippen molar-refractivity contribution in [2.45, 2.75) is 51.4 Å². The van der Waals surface area contributed by atoms with Gasteiger partial charge in [0.2, 0.25) is 0 Å². The van der Waals surface area contributed by atoms with Crippen LogP contribution in [0.3, 0.4) is 0 Å². The highest BCUT2D eigenvalue weighted by Gasteiger charge is 2.37. The third kappa shape index (κ3) is 1.70. The maximum Gasteiger partial charge on any atom is 0.126 e. The average molecular weight is 166 g/mol. The molecule has 2 fully saturated rings. The molecule has 2 aliphatic carbocycles. The molecule has 0 spiro atoms. The highest BCUT2D eigenvalue weighted by atomic mass is 16.1. The molecule has 2 saturated carbocycles. The second kappa shape index (κ2) is 3.20. The second-order valence-electron chi connectivity index (χ2n) is 4.69. The molecule has 0 aliphatic heterocycles. The molecule has 0 amide bonds. The fourth-order valence-corrected chi connectivity index (χ4v) is 2.52. The zero-order valence-electron chi connectivity index (χ0n) is 7.72. The van der Waals surface area contributed by atoms with Crippen LogP contribution in [0.5, 0.6) is 0 Å². The monoisotopic (exact) mass is 166 g/mol. The first kappa shape index (κ1) is 8.28. The second-order valence-corrected chi connectivity index (χ2v) is 4.69. The van der Waals surface area contributed by atoms with E-state index in [1.165, 1.54) is 57.7 Å². The van der Waals surface area contributed by atoms with Crippen LogP contribution in [0.4, 0.5) is 0 Å². The number of carbonyl (C=O) groups is 1. The van der Waals surface area contributed by atoms with Gasteiger partial charge in [0.1, 0.15) is 6.29 Å². The van der Waals surface area contributed by atoms with Gasteiger partial charge in [-0.2, -0.15) is 0 Å². The molecule has 0 saturated heterocycles. The highest BCUT2D eigenvalue weighted by molar-refractivity contribution is 5.59. The van der Waals surface area contributed by atoms with Crippen molar-refractivity contribution in [3.05, 3.63) is 0 Å². The van der Waals surface area contributed by atoms with Gasteiger partial charge in [0, 0.05) is 5.41 Å². The molecule has 0 aromatic rings. The van der Waals surface area contributed by atoms with Crippen molar-refractivity contribution in [1.29, 1.82) is 0 Å². The first-order chi connectivity index (χ1) is 5.85. The summed E-state index contributed by atoms with van der Waals surface area (Å²) in [5, 5.41) is 0. The molecule has 0 N–H and O–H groups in total. The Bertz CT molecular complexity index is 164. The Labute approximate surface area is 74.5 Å². The summed E-state index contributed by atoms with van der Waals surface area (Å²) in [4.78, 5) is 11.0. The van der Waals surface area contributed by atoms with E-state index in [2.05, 4.69) is 0 Å². The lowest BCUT2D eigenvalue weighted by atomic mass is 9.72. The minimum Gasteiger partial charge on any atom is -0.303 e. The van der Waals surface area contributed by atoms with Crippen LogP contribution in [-0.2, 0) is 4.79 Å². The van der Waals surface area contributed by atoms with Crippen molar-refractivity contribution in [3.8, 4) is 0 Å². The largest absolute Gasteiger partial charge is 0.303 e. The topological polar surface area (TPSA) is 17.1 Å². The zero-order valence-corrected chi connectivity index (χ0v) is 7.72. The molecule has 0 bridgehead atoms. The van der Waals surface area contributed by atoms with E-state index in [-0.39, 0.29) is 5.41 Å². The van der Waals surface area contributed by atoms with Crippen LogP contribution in [-0.4, -0.2) is 6.29 Å². The van der Waals surface area contributed by atoms with Crippen LogP contribution in [0, 0.1) is 11.3 Å². The SMILES string of the molecule is O=CC1(CC2CC2)CCCCC1. The number of hydrogen-bond donors (Lipinski definition) is 0. The van der Waals surface area contributed by atoms with Crippen LogP contribution < -0.4 is 0 Å². The lowest BCUT2D eigenvalue weighted by Crippen LogP contribution is -2.26. The van der Waals surface area contributed by atoms with Gasteiger partial charge in [-0.3, -0.25) is 0 Å². The van der Waals surface area contributed by atoms with Crippen molar-refractivity contribution in [1.82, 2.24) is 0 Å². The fourth-order valence-electron chi connectivity index (χ4n) is 2.52. The van der Waals surface area contributed by atoms with E-state index in [1.807, 2.05) is 0 Å². The Kier molecular flexibility index (Phi) is 2.20. The standard InChI is InChI=1S/C11H18O/c12-9-11(8-10-4-5-10)6-2-1-3-7-11/h9-10H,1-8H2. The Morgan fingerprint density at radius 3 is 2.33 bits per heavy atom. The van der Waals surface area contributed by atoms with Gasteiger partial charge in [0.25, 0.3) is 0 Å². The maximum atomic E-state index is 11.0. The van der Waals surface area contributed by atoms with Crippen LogP contribution in [0.2, 0.25) is 0 Å². The molecular weight excluding hydrogens is 148 g/mol. The average Bonchev–Trinajstić information content (AvgIpc) is 2.90. The summed E-state index contributed by atoms with van der Waals surface area (Å²) < 4.78 is 0. The van der Waals surface area contributed by atoms with Crippen LogP contribution in [0.25, 0.3) is 0 Å². The zero-order chi connectivity index (χ0) is 8.44. The normalized spacial score (nSPS) is 28.3. The Balaban J connectivity index is 1.94. The van der Waals surface area contributed by atoms with Gasteiger partial charge >= 0.3 is 0 Å². The molecule has 0 unspecified atom stereocenters.